The third-order valence-corrected chi connectivity index (χ3v) is 5.02. The van der Waals surface area contributed by atoms with Gasteiger partial charge in [-0.05, 0) is 73.4 Å². The normalized spacial score (nSPS) is 16.2. The first kappa shape index (κ1) is 13.7. The average Bonchev–Trinajstić information content (AvgIpc) is 3.12. The van der Waals surface area contributed by atoms with Gasteiger partial charge in [0.2, 0.25) is 0 Å². The number of rotatable bonds is 4. The zero-order valence-corrected chi connectivity index (χ0v) is 14.2. The van der Waals surface area contributed by atoms with Crippen molar-refractivity contribution in [2.24, 2.45) is 5.92 Å². The van der Waals surface area contributed by atoms with Crippen LogP contribution in [0.5, 0.6) is 0 Å². The van der Waals surface area contributed by atoms with Crippen molar-refractivity contribution in [3.8, 4) is 0 Å². The van der Waals surface area contributed by atoms with Gasteiger partial charge in [0.15, 0.2) is 0 Å². The van der Waals surface area contributed by atoms with Crippen LogP contribution < -0.4 is 0 Å². The van der Waals surface area contributed by atoms with Gasteiger partial charge in [0.25, 0.3) is 0 Å². The van der Waals surface area contributed by atoms with Crippen LogP contribution in [0.15, 0.2) is 18.2 Å². The number of halogens is 2. The van der Waals surface area contributed by atoms with E-state index in [0.29, 0.717) is 5.88 Å². The van der Waals surface area contributed by atoms with Crippen LogP contribution in [0, 0.1) is 9.49 Å². The minimum Gasteiger partial charge on any atom is -0.322 e. The summed E-state index contributed by atoms with van der Waals surface area (Å²) >= 11 is 8.30. The summed E-state index contributed by atoms with van der Waals surface area (Å²) in [6.07, 6.45) is 3.50. The summed E-state index contributed by atoms with van der Waals surface area (Å²) in [4.78, 5) is 4.81. The maximum atomic E-state index is 5.96. The van der Waals surface area contributed by atoms with E-state index in [2.05, 4.69) is 59.2 Å². The number of alkyl halides is 1. The fraction of sp³-hybridized carbons (Fsp3) is 0.533. The number of aryl methyl sites for hydroxylation is 1. The highest BCUT2D eigenvalue weighted by molar-refractivity contribution is 14.1. The van der Waals surface area contributed by atoms with Crippen molar-refractivity contribution < 1.29 is 0 Å². The highest BCUT2D eigenvalue weighted by Crippen LogP contribution is 2.45. The molecule has 1 heterocycles. The Morgan fingerprint density at radius 2 is 2.16 bits per heavy atom. The van der Waals surface area contributed by atoms with Crippen LogP contribution in [0.3, 0.4) is 0 Å². The van der Waals surface area contributed by atoms with E-state index in [1.54, 1.807) is 0 Å². The molecule has 2 aromatic rings. The molecule has 1 aliphatic rings. The monoisotopic (exact) mass is 388 g/mol. The quantitative estimate of drug-likeness (QED) is 0.554. The fourth-order valence-corrected chi connectivity index (χ4v) is 3.61. The molecule has 1 saturated carbocycles. The summed E-state index contributed by atoms with van der Waals surface area (Å²) in [5, 5.41) is 0. The van der Waals surface area contributed by atoms with Crippen LogP contribution in [0.4, 0.5) is 0 Å². The minimum absolute atomic E-state index is 0.142. The molecule has 3 rings (SSSR count). The van der Waals surface area contributed by atoms with E-state index in [1.165, 1.54) is 21.9 Å². The number of nitrogens with zero attached hydrogens (tertiary/aromatic N) is 2. The highest BCUT2D eigenvalue weighted by atomic mass is 127. The van der Waals surface area contributed by atoms with Gasteiger partial charge in [-0.2, -0.15) is 0 Å². The van der Waals surface area contributed by atoms with Crippen molar-refractivity contribution >= 4 is 45.2 Å². The number of benzene rings is 1. The molecular weight excluding hydrogens is 371 g/mol. The molecule has 0 aliphatic heterocycles. The predicted octanol–water partition coefficient (Wildman–Crippen LogP) is 4.57. The summed E-state index contributed by atoms with van der Waals surface area (Å²) in [5.74, 6) is 2.53. The fourth-order valence-electron chi connectivity index (χ4n) is 2.97. The molecule has 0 bridgehead atoms. The summed E-state index contributed by atoms with van der Waals surface area (Å²) < 4.78 is 3.66. The van der Waals surface area contributed by atoms with Crippen LogP contribution in [0.2, 0.25) is 0 Å². The molecule has 0 atom stereocenters. The maximum absolute atomic E-state index is 5.96. The molecule has 1 fully saturated rings. The van der Waals surface area contributed by atoms with E-state index in [0.717, 1.165) is 23.7 Å². The molecule has 0 saturated heterocycles. The Morgan fingerprint density at radius 3 is 2.79 bits per heavy atom. The number of aromatic nitrogens is 2. The first-order valence-corrected chi connectivity index (χ1v) is 8.38. The van der Waals surface area contributed by atoms with E-state index < -0.39 is 0 Å². The Labute approximate surface area is 132 Å². The van der Waals surface area contributed by atoms with Crippen LogP contribution >= 0.6 is 34.2 Å². The lowest BCUT2D eigenvalue weighted by atomic mass is 9.97. The standard InChI is InChI=1S/C15H18ClIN2/c1-15(2,10-3-4-10)19-13-6-5-11(17)9-12(13)18-14(19)7-8-16/h5-6,9-10H,3-4,7-8H2,1-2H3. The van der Waals surface area contributed by atoms with Crippen molar-refractivity contribution in [3.05, 3.63) is 27.6 Å². The van der Waals surface area contributed by atoms with E-state index in [1.807, 2.05) is 0 Å². The smallest absolute Gasteiger partial charge is 0.111 e. The Bertz CT molecular complexity index is 614. The zero-order chi connectivity index (χ0) is 13.6. The molecule has 19 heavy (non-hydrogen) atoms. The van der Waals surface area contributed by atoms with Gasteiger partial charge in [-0.3, -0.25) is 0 Å². The van der Waals surface area contributed by atoms with Gasteiger partial charge in [0.1, 0.15) is 5.82 Å². The molecule has 4 heteroatoms. The predicted molar refractivity (Wildman–Crippen MR) is 88.9 cm³/mol. The summed E-state index contributed by atoms with van der Waals surface area (Å²) in [6.45, 7) is 4.67. The lowest BCUT2D eigenvalue weighted by Gasteiger charge is -2.29. The SMILES string of the molecule is CC(C)(C1CC1)n1c(CCCl)nc2cc(I)ccc21. The van der Waals surface area contributed by atoms with E-state index in [9.17, 15) is 0 Å². The first-order valence-electron chi connectivity index (χ1n) is 6.77. The van der Waals surface area contributed by atoms with Gasteiger partial charge in [-0.25, -0.2) is 4.98 Å². The molecule has 1 aromatic carbocycles. The van der Waals surface area contributed by atoms with Gasteiger partial charge in [-0.15, -0.1) is 11.6 Å². The molecular formula is C15H18ClIN2. The van der Waals surface area contributed by atoms with Gasteiger partial charge < -0.3 is 4.57 Å². The molecule has 1 aromatic heterocycles. The molecule has 0 spiro atoms. The molecule has 1 aliphatic carbocycles. The van der Waals surface area contributed by atoms with Gasteiger partial charge in [-0.1, -0.05) is 0 Å². The Kier molecular flexibility index (Phi) is 3.54. The van der Waals surface area contributed by atoms with Crippen LogP contribution in [0.1, 0.15) is 32.5 Å². The average molecular weight is 389 g/mol. The molecule has 2 nitrogen and oxygen atoms in total. The largest absolute Gasteiger partial charge is 0.322 e. The van der Waals surface area contributed by atoms with Crippen LogP contribution in [-0.2, 0) is 12.0 Å². The van der Waals surface area contributed by atoms with Crippen molar-refractivity contribution in [1.82, 2.24) is 9.55 Å². The Balaban J connectivity index is 2.21. The van der Waals surface area contributed by atoms with Gasteiger partial charge in [0.05, 0.1) is 11.0 Å². The van der Waals surface area contributed by atoms with Crippen molar-refractivity contribution in [1.29, 1.82) is 0 Å². The molecule has 102 valence electrons. The Hall–Kier alpha value is -0.290. The van der Waals surface area contributed by atoms with Crippen LogP contribution in [-0.4, -0.2) is 15.4 Å². The highest BCUT2D eigenvalue weighted by Gasteiger charge is 2.40. The molecule has 0 amide bonds. The number of imidazole rings is 1. The van der Waals surface area contributed by atoms with Gasteiger partial charge >= 0.3 is 0 Å². The second-order valence-electron chi connectivity index (χ2n) is 5.86. The molecule has 0 radical (unpaired) electrons. The second-order valence-corrected chi connectivity index (χ2v) is 7.49. The number of fused-ring (bicyclic) bond motifs is 1. The minimum atomic E-state index is 0.142. The topological polar surface area (TPSA) is 17.8 Å². The molecule has 0 N–H and O–H groups in total. The first-order chi connectivity index (χ1) is 9.04. The van der Waals surface area contributed by atoms with Crippen molar-refractivity contribution in [3.63, 3.8) is 0 Å². The third-order valence-electron chi connectivity index (χ3n) is 4.16. The lowest BCUT2D eigenvalue weighted by Crippen LogP contribution is -2.30. The second kappa shape index (κ2) is 4.92. The summed E-state index contributed by atoms with van der Waals surface area (Å²) in [5.41, 5.74) is 2.49. The van der Waals surface area contributed by atoms with E-state index in [4.69, 9.17) is 16.6 Å². The third kappa shape index (κ3) is 2.40. The Morgan fingerprint density at radius 1 is 1.42 bits per heavy atom. The summed E-state index contributed by atoms with van der Waals surface area (Å²) in [6, 6.07) is 6.52. The summed E-state index contributed by atoms with van der Waals surface area (Å²) in [7, 11) is 0. The number of hydrogen-bond acceptors (Lipinski definition) is 1. The van der Waals surface area contributed by atoms with Gasteiger partial charge in [0, 0.05) is 21.4 Å². The van der Waals surface area contributed by atoms with E-state index in [-0.39, 0.29) is 5.54 Å². The van der Waals surface area contributed by atoms with Crippen molar-refractivity contribution in [2.45, 2.75) is 38.6 Å². The zero-order valence-electron chi connectivity index (χ0n) is 11.3. The molecule has 0 unspecified atom stereocenters. The van der Waals surface area contributed by atoms with Crippen molar-refractivity contribution in [2.75, 3.05) is 5.88 Å². The van der Waals surface area contributed by atoms with Crippen LogP contribution in [0.25, 0.3) is 11.0 Å². The lowest BCUT2D eigenvalue weighted by molar-refractivity contribution is 0.305. The van der Waals surface area contributed by atoms with E-state index >= 15 is 0 Å². The maximum Gasteiger partial charge on any atom is 0.111 e. The number of hydrogen-bond donors (Lipinski definition) is 0.